The Bertz CT molecular complexity index is 1280. The molecule has 17 nitrogen and oxygen atoms in total. The molecule has 19 heteroatoms. The van der Waals surface area contributed by atoms with Gasteiger partial charge in [-0.2, -0.15) is 0 Å². The van der Waals surface area contributed by atoms with Crippen LogP contribution in [0.5, 0.6) is 0 Å². The van der Waals surface area contributed by atoms with Crippen molar-refractivity contribution in [1.82, 2.24) is 0 Å². The molecule has 55 heavy (non-hydrogen) atoms. The van der Waals surface area contributed by atoms with Crippen LogP contribution in [0.4, 0.5) is 0 Å². The van der Waals surface area contributed by atoms with Crippen LogP contribution in [0.15, 0.2) is 0 Å². The number of hydrogen-bond donors (Lipinski definition) is 0. The topological polar surface area (TPSA) is 204 Å². The van der Waals surface area contributed by atoms with Gasteiger partial charge in [0.1, 0.15) is 12.2 Å². The molecule has 0 radical (unpaired) electrons. The fraction of sp³-hybridized carbons (Fsp3) is 0.833. The number of carbonyl (C=O) groups excluding carboxylic acids is 6. The van der Waals surface area contributed by atoms with Gasteiger partial charge < -0.3 is 51.5 Å². The van der Waals surface area contributed by atoms with E-state index in [-0.39, 0.29) is 23.3 Å². The zero-order valence-electron chi connectivity index (χ0n) is 35.1. The third-order valence-electron chi connectivity index (χ3n) is 10.1. The first-order valence-electron chi connectivity index (χ1n) is 18.2. The van der Waals surface area contributed by atoms with Crippen molar-refractivity contribution in [3.05, 3.63) is 0 Å². The van der Waals surface area contributed by atoms with Crippen LogP contribution < -0.4 is 0 Å². The average Bonchev–Trinajstić information content (AvgIpc) is 2.98. The summed E-state index contributed by atoms with van der Waals surface area (Å²) >= 11 is 0. The molecule has 2 aliphatic heterocycles. The summed E-state index contributed by atoms with van der Waals surface area (Å²) in [5, 5.41) is -0.494. The van der Waals surface area contributed by atoms with E-state index in [9.17, 15) is 28.8 Å². The van der Waals surface area contributed by atoms with Crippen LogP contribution in [0.25, 0.3) is 0 Å². The maximum Gasteiger partial charge on any atom is 0.303 e. The number of rotatable bonds is 14. The molecular weight excluding hydrogens is 761 g/mol. The lowest BCUT2D eigenvalue weighted by atomic mass is 9.97. The molecule has 0 aromatic heterocycles. The molecule has 0 aromatic rings. The van der Waals surface area contributed by atoms with E-state index in [2.05, 4.69) is 0 Å². The Hall–Kier alpha value is -2.95. The Morgan fingerprint density at radius 2 is 0.673 bits per heavy atom. The van der Waals surface area contributed by atoms with E-state index < -0.39 is 114 Å². The maximum atomic E-state index is 12.6. The van der Waals surface area contributed by atoms with Gasteiger partial charge in [-0.05, 0) is 36.3 Å². The zero-order valence-corrected chi connectivity index (χ0v) is 37.1. The molecule has 2 saturated heterocycles. The molecule has 2 heterocycles. The first kappa shape index (κ1) is 48.2. The number of ether oxygens (including phenoxy) is 9. The molecule has 0 aromatic carbocycles. The van der Waals surface area contributed by atoms with Gasteiger partial charge in [-0.1, -0.05) is 41.5 Å². The van der Waals surface area contributed by atoms with Gasteiger partial charge in [0.2, 0.25) is 12.6 Å². The molecule has 2 fully saturated rings. The Morgan fingerprint density at radius 1 is 0.436 bits per heavy atom. The first-order chi connectivity index (χ1) is 25.0. The normalized spacial score (nSPS) is 29.0. The van der Waals surface area contributed by atoms with E-state index in [1.165, 1.54) is 0 Å². The van der Waals surface area contributed by atoms with E-state index >= 15 is 0 Å². The van der Waals surface area contributed by atoms with Crippen LogP contribution >= 0.6 is 0 Å². The summed E-state index contributed by atoms with van der Waals surface area (Å²) in [7, 11) is -4.96. The van der Waals surface area contributed by atoms with Crippen molar-refractivity contribution < 1.29 is 80.3 Å². The molecule has 0 unspecified atom stereocenters. The lowest BCUT2D eigenvalue weighted by molar-refractivity contribution is -0.377. The van der Waals surface area contributed by atoms with Crippen molar-refractivity contribution in [2.45, 2.75) is 181 Å². The molecule has 0 saturated carbocycles. The Kier molecular flexibility index (Phi) is 16.7. The first-order valence-corrected chi connectivity index (χ1v) is 24.1. The fourth-order valence-electron chi connectivity index (χ4n) is 5.34. The SMILES string of the molecule is CC(=O)O[C@@H]1[C@@H](OC(C)=O)[C@@H](O[C@H]2O[C@H](CO[Si](C)(C)C(C)(C)C)[C@@H](OC(C)=O)[C@H](OC(C)=O)[C@H]2OC(C)=O)O[C@H](CO[Si](C)(C)C(C)(C)C)[C@H]1OC(C)=O. The minimum absolute atomic E-state index is 0.175. The summed E-state index contributed by atoms with van der Waals surface area (Å²) in [6.45, 7) is 26.5. The summed E-state index contributed by atoms with van der Waals surface area (Å²) in [6.07, 6.45) is -14.6. The van der Waals surface area contributed by atoms with Crippen LogP contribution in [-0.4, -0.2) is 127 Å². The summed E-state index contributed by atoms with van der Waals surface area (Å²) in [6, 6.07) is 0. The van der Waals surface area contributed by atoms with Gasteiger partial charge in [-0.15, -0.1) is 0 Å². The largest absolute Gasteiger partial charge is 0.456 e. The predicted molar refractivity (Wildman–Crippen MR) is 198 cm³/mol. The zero-order chi connectivity index (χ0) is 42.4. The summed E-state index contributed by atoms with van der Waals surface area (Å²) in [5.41, 5.74) is 0. The number of carbonyl (C=O) groups is 6. The van der Waals surface area contributed by atoms with Crippen LogP contribution in [0.3, 0.4) is 0 Å². The second kappa shape index (κ2) is 19.0. The van der Waals surface area contributed by atoms with Gasteiger partial charge in [0.05, 0.1) is 13.2 Å². The Balaban J connectivity index is 2.79. The smallest absolute Gasteiger partial charge is 0.303 e. The van der Waals surface area contributed by atoms with Crippen LogP contribution in [0, 0.1) is 0 Å². The van der Waals surface area contributed by atoms with Crippen molar-refractivity contribution in [1.29, 1.82) is 0 Å². The highest BCUT2D eigenvalue weighted by Gasteiger charge is 2.58. The van der Waals surface area contributed by atoms with Gasteiger partial charge >= 0.3 is 35.8 Å². The van der Waals surface area contributed by atoms with E-state index in [4.69, 9.17) is 51.5 Å². The maximum absolute atomic E-state index is 12.6. The highest BCUT2D eigenvalue weighted by molar-refractivity contribution is 6.74. The monoisotopic (exact) mass is 822 g/mol. The molecule has 2 aliphatic rings. The highest BCUT2D eigenvalue weighted by atomic mass is 28.4. The predicted octanol–water partition coefficient (Wildman–Crippen LogP) is 4.09. The van der Waals surface area contributed by atoms with Crippen molar-refractivity contribution in [3.8, 4) is 0 Å². The second-order valence-corrected chi connectivity index (χ2v) is 26.4. The van der Waals surface area contributed by atoms with Crippen LogP contribution in [0.2, 0.25) is 36.3 Å². The summed E-state index contributed by atoms with van der Waals surface area (Å²) < 4.78 is 65.9. The lowest BCUT2D eigenvalue weighted by Gasteiger charge is -2.49. The molecule has 0 amide bonds. The van der Waals surface area contributed by atoms with Gasteiger partial charge in [0.15, 0.2) is 53.3 Å². The molecule has 2 rings (SSSR count). The minimum atomic E-state index is -2.48. The van der Waals surface area contributed by atoms with Gasteiger partial charge in [-0.3, -0.25) is 28.8 Å². The fourth-order valence-corrected chi connectivity index (χ4v) is 7.37. The van der Waals surface area contributed by atoms with Gasteiger partial charge in [0, 0.05) is 41.5 Å². The summed E-state index contributed by atoms with van der Waals surface area (Å²) in [5.74, 6) is -4.80. The molecule has 0 aliphatic carbocycles. The standard InChI is InChI=1S/C36H62O17Si2/c1-19(37)45-27-25(17-43-54(13,14)35(7,8)9)51-33(31(49-23(5)41)29(27)47-21(3)39)53-34-32(50-24(6)42)30(48-22(4)40)28(46-20(2)38)26(52-34)18-44-55(15,16)36(10,11)12/h25-34H,17-18H2,1-16H3/t25-,26-,27-,28-,29+,30+,31-,32-,33-,34-/m1/s1. The molecule has 316 valence electrons. The molecule has 0 N–H and O–H groups in total. The minimum Gasteiger partial charge on any atom is -0.456 e. The molecule has 0 spiro atoms. The van der Waals surface area contributed by atoms with E-state index in [0.717, 1.165) is 41.5 Å². The third-order valence-corrected chi connectivity index (χ3v) is 19.1. The van der Waals surface area contributed by atoms with Crippen LogP contribution in [-0.2, 0) is 80.3 Å². The molecular formula is C36H62O17Si2. The van der Waals surface area contributed by atoms with Crippen molar-refractivity contribution in [2.24, 2.45) is 0 Å². The Labute approximate surface area is 326 Å². The van der Waals surface area contributed by atoms with Gasteiger partial charge in [0.25, 0.3) is 0 Å². The summed E-state index contributed by atoms with van der Waals surface area (Å²) in [4.78, 5) is 75.1. The molecule has 10 atom stereocenters. The van der Waals surface area contributed by atoms with E-state index in [0.29, 0.717) is 0 Å². The van der Waals surface area contributed by atoms with E-state index in [1.54, 1.807) is 0 Å². The highest BCUT2D eigenvalue weighted by Crippen LogP contribution is 2.40. The Morgan fingerprint density at radius 3 is 0.909 bits per heavy atom. The third kappa shape index (κ3) is 13.6. The number of hydrogen-bond acceptors (Lipinski definition) is 17. The van der Waals surface area contributed by atoms with Crippen LogP contribution in [0.1, 0.15) is 83.1 Å². The van der Waals surface area contributed by atoms with E-state index in [1.807, 2.05) is 67.7 Å². The number of esters is 6. The molecule has 0 bridgehead atoms. The average molecular weight is 823 g/mol. The lowest BCUT2D eigenvalue weighted by Crippen LogP contribution is -2.67. The van der Waals surface area contributed by atoms with Crippen molar-refractivity contribution >= 4 is 52.5 Å². The van der Waals surface area contributed by atoms with Crippen molar-refractivity contribution in [3.63, 3.8) is 0 Å². The quantitative estimate of drug-likeness (QED) is 0.138. The second-order valence-electron chi connectivity index (χ2n) is 16.8. The van der Waals surface area contributed by atoms with Crippen molar-refractivity contribution in [2.75, 3.05) is 13.2 Å². The van der Waals surface area contributed by atoms with Gasteiger partial charge in [-0.25, -0.2) is 0 Å².